The van der Waals surface area contributed by atoms with Crippen LogP contribution in [0.15, 0.2) is 71.3 Å². The van der Waals surface area contributed by atoms with Crippen molar-refractivity contribution in [1.29, 1.82) is 0 Å². The second-order valence-corrected chi connectivity index (χ2v) is 8.35. The number of benzene rings is 3. The molecule has 0 unspecified atom stereocenters. The Hall–Kier alpha value is -3.32. The van der Waals surface area contributed by atoms with Crippen molar-refractivity contribution in [2.45, 2.75) is 6.42 Å². The lowest BCUT2D eigenvalue weighted by molar-refractivity contribution is -0.115. The molecule has 142 valence electrons. The van der Waals surface area contributed by atoms with Crippen molar-refractivity contribution in [3.05, 3.63) is 72.5 Å². The maximum absolute atomic E-state index is 12.6. The van der Waals surface area contributed by atoms with Gasteiger partial charge in [0.2, 0.25) is 15.9 Å². The molecular weight excluding hydrogens is 376 g/mol. The van der Waals surface area contributed by atoms with Crippen molar-refractivity contribution < 1.29 is 17.6 Å². The second-order valence-electron chi connectivity index (χ2n) is 6.60. The highest BCUT2D eigenvalue weighted by Gasteiger charge is 2.13. The Morgan fingerprint density at radius 1 is 1.00 bits per heavy atom. The molecule has 3 aromatic carbocycles. The van der Waals surface area contributed by atoms with Crippen LogP contribution in [-0.4, -0.2) is 20.6 Å². The number of fused-ring (bicyclic) bond motifs is 3. The van der Waals surface area contributed by atoms with Gasteiger partial charge in [-0.05, 0) is 35.0 Å². The van der Waals surface area contributed by atoms with E-state index in [9.17, 15) is 13.2 Å². The topological polar surface area (TPSA) is 88.4 Å². The first-order chi connectivity index (χ1) is 13.4. The van der Waals surface area contributed by atoms with Crippen LogP contribution in [0.25, 0.3) is 21.7 Å². The van der Waals surface area contributed by atoms with Crippen LogP contribution in [0.1, 0.15) is 5.56 Å². The first-order valence-electron chi connectivity index (χ1n) is 8.64. The summed E-state index contributed by atoms with van der Waals surface area (Å²) in [5.74, 6) is -0.216. The van der Waals surface area contributed by atoms with Crippen LogP contribution in [0, 0.1) is 0 Å². The molecule has 4 rings (SSSR count). The third-order valence-corrected chi connectivity index (χ3v) is 4.95. The molecule has 0 saturated carbocycles. The average molecular weight is 394 g/mol. The zero-order chi connectivity index (χ0) is 19.7. The highest BCUT2D eigenvalue weighted by atomic mass is 32.2. The zero-order valence-electron chi connectivity index (χ0n) is 15.1. The number of amides is 1. The number of rotatable bonds is 5. The Bertz CT molecular complexity index is 1290. The van der Waals surface area contributed by atoms with E-state index < -0.39 is 10.0 Å². The number of anilines is 2. The van der Waals surface area contributed by atoms with Gasteiger partial charge in [-0.1, -0.05) is 36.4 Å². The minimum Gasteiger partial charge on any atom is -0.464 e. The number of hydrogen-bond donors (Lipinski definition) is 2. The number of hydrogen-bond acceptors (Lipinski definition) is 4. The summed E-state index contributed by atoms with van der Waals surface area (Å²) in [6.07, 6.45) is 2.83. The lowest BCUT2D eigenvalue weighted by atomic mass is 10.0. The number of carbonyl (C=O) groups is 1. The monoisotopic (exact) mass is 394 g/mol. The highest BCUT2D eigenvalue weighted by Crippen LogP contribution is 2.30. The SMILES string of the molecule is CS(=O)(=O)Nc1cccc(NC(=O)Cc2coc3ccc4ccccc4c23)c1. The molecule has 0 saturated heterocycles. The molecule has 1 heterocycles. The minimum atomic E-state index is -3.38. The summed E-state index contributed by atoms with van der Waals surface area (Å²) in [4.78, 5) is 12.6. The Balaban J connectivity index is 1.58. The number of nitrogens with one attached hydrogen (secondary N) is 2. The van der Waals surface area contributed by atoms with Crippen molar-refractivity contribution in [3.8, 4) is 0 Å². The average Bonchev–Trinajstić information content (AvgIpc) is 3.04. The van der Waals surface area contributed by atoms with Gasteiger partial charge >= 0.3 is 0 Å². The van der Waals surface area contributed by atoms with E-state index in [1.807, 2.05) is 36.4 Å². The first-order valence-corrected chi connectivity index (χ1v) is 10.5. The van der Waals surface area contributed by atoms with Gasteiger partial charge in [0.05, 0.1) is 24.6 Å². The summed E-state index contributed by atoms with van der Waals surface area (Å²) in [5.41, 5.74) is 2.44. The Kier molecular flexibility index (Phi) is 4.52. The Morgan fingerprint density at radius 3 is 2.61 bits per heavy atom. The zero-order valence-corrected chi connectivity index (χ0v) is 15.9. The molecule has 2 N–H and O–H groups in total. The number of carbonyl (C=O) groups excluding carboxylic acids is 1. The molecule has 0 aliphatic heterocycles. The Morgan fingerprint density at radius 2 is 1.79 bits per heavy atom. The third kappa shape index (κ3) is 3.84. The van der Waals surface area contributed by atoms with Gasteiger partial charge in [0.1, 0.15) is 5.58 Å². The van der Waals surface area contributed by atoms with E-state index in [1.54, 1.807) is 30.5 Å². The van der Waals surface area contributed by atoms with Gasteiger partial charge < -0.3 is 9.73 Å². The van der Waals surface area contributed by atoms with Gasteiger partial charge in [0.15, 0.2) is 0 Å². The summed E-state index contributed by atoms with van der Waals surface area (Å²) >= 11 is 0. The van der Waals surface area contributed by atoms with Gasteiger partial charge in [0, 0.05) is 16.6 Å². The Labute approximate surface area is 162 Å². The van der Waals surface area contributed by atoms with Crippen LogP contribution < -0.4 is 10.0 Å². The van der Waals surface area contributed by atoms with E-state index in [-0.39, 0.29) is 12.3 Å². The molecule has 7 heteroatoms. The fraction of sp³-hybridized carbons (Fsp3) is 0.0952. The van der Waals surface area contributed by atoms with Gasteiger partial charge in [-0.15, -0.1) is 0 Å². The van der Waals surface area contributed by atoms with Crippen LogP contribution in [-0.2, 0) is 21.2 Å². The predicted octanol–water partition coefficient (Wildman–Crippen LogP) is 4.14. The molecule has 0 spiro atoms. The fourth-order valence-electron chi connectivity index (χ4n) is 3.26. The van der Waals surface area contributed by atoms with Crippen LogP contribution in [0.2, 0.25) is 0 Å². The van der Waals surface area contributed by atoms with Crippen LogP contribution in [0.5, 0.6) is 0 Å². The summed E-state index contributed by atoms with van der Waals surface area (Å²) in [6.45, 7) is 0. The van der Waals surface area contributed by atoms with Crippen molar-refractivity contribution in [2.24, 2.45) is 0 Å². The van der Waals surface area contributed by atoms with Gasteiger partial charge in [-0.3, -0.25) is 9.52 Å². The van der Waals surface area contributed by atoms with Crippen molar-refractivity contribution >= 4 is 49.0 Å². The molecule has 1 amide bonds. The third-order valence-electron chi connectivity index (χ3n) is 4.34. The molecule has 6 nitrogen and oxygen atoms in total. The maximum Gasteiger partial charge on any atom is 0.229 e. The summed E-state index contributed by atoms with van der Waals surface area (Å²) in [6, 6.07) is 18.4. The number of sulfonamides is 1. The normalized spacial score (nSPS) is 11.6. The molecule has 0 aliphatic rings. The van der Waals surface area contributed by atoms with E-state index in [0.29, 0.717) is 11.4 Å². The number of furan rings is 1. The van der Waals surface area contributed by atoms with Crippen molar-refractivity contribution in [3.63, 3.8) is 0 Å². The standard InChI is InChI=1S/C21H18N2O4S/c1-28(25,26)23-17-7-4-6-16(12-17)22-20(24)11-15-13-27-19-10-9-14-5-2-3-8-18(14)21(15)19/h2-10,12-13,23H,11H2,1H3,(H,22,24). The van der Waals surface area contributed by atoms with E-state index in [1.165, 1.54) is 0 Å². The molecule has 4 aromatic rings. The molecular formula is C21H18N2O4S. The molecule has 0 aliphatic carbocycles. The van der Waals surface area contributed by atoms with Crippen molar-refractivity contribution in [1.82, 2.24) is 0 Å². The van der Waals surface area contributed by atoms with E-state index in [2.05, 4.69) is 10.0 Å². The molecule has 28 heavy (non-hydrogen) atoms. The van der Waals surface area contributed by atoms with Gasteiger partial charge in [-0.25, -0.2) is 8.42 Å². The van der Waals surface area contributed by atoms with Crippen molar-refractivity contribution in [2.75, 3.05) is 16.3 Å². The van der Waals surface area contributed by atoms with E-state index >= 15 is 0 Å². The molecule has 1 aromatic heterocycles. The predicted molar refractivity (Wildman–Crippen MR) is 111 cm³/mol. The van der Waals surface area contributed by atoms with Crippen LogP contribution in [0.4, 0.5) is 11.4 Å². The van der Waals surface area contributed by atoms with E-state index in [0.717, 1.165) is 33.6 Å². The maximum atomic E-state index is 12.6. The largest absolute Gasteiger partial charge is 0.464 e. The second kappa shape index (κ2) is 7.01. The smallest absolute Gasteiger partial charge is 0.229 e. The molecule has 0 fully saturated rings. The summed E-state index contributed by atoms with van der Waals surface area (Å²) in [5, 5.41) is 5.85. The highest BCUT2D eigenvalue weighted by molar-refractivity contribution is 7.92. The van der Waals surface area contributed by atoms with E-state index in [4.69, 9.17) is 4.42 Å². The lowest BCUT2D eigenvalue weighted by Gasteiger charge is -2.08. The fourth-order valence-corrected chi connectivity index (χ4v) is 3.81. The minimum absolute atomic E-state index is 0.144. The van der Waals surface area contributed by atoms with Gasteiger partial charge in [-0.2, -0.15) is 0 Å². The molecule has 0 radical (unpaired) electrons. The summed E-state index contributed by atoms with van der Waals surface area (Å²) < 4.78 is 30.8. The lowest BCUT2D eigenvalue weighted by Crippen LogP contribution is -2.15. The molecule has 0 bridgehead atoms. The molecule has 0 atom stereocenters. The first kappa shape index (κ1) is 18.1. The summed E-state index contributed by atoms with van der Waals surface area (Å²) in [7, 11) is -3.38. The quantitative estimate of drug-likeness (QED) is 0.532. The van der Waals surface area contributed by atoms with Gasteiger partial charge in [0.25, 0.3) is 0 Å². The van der Waals surface area contributed by atoms with Crippen LogP contribution in [0.3, 0.4) is 0 Å². The van der Waals surface area contributed by atoms with Crippen LogP contribution >= 0.6 is 0 Å².